The molecule has 0 spiro atoms. The monoisotopic (exact) mass is 761 g/mol. The number of ketones is 1. The predicted molar refractivity (Wildman–Crippen MR) is 198 cm³/mol. The standard InChI is InChI=1S/C42H67NO11/c1-10-24-13-12-14-32(53-34-16-15-31(43(6)7)22(4)49-34)21(3)36(45)29-19-27-26-17-25(18-30(26)38-39(54-38)35(27)28(29)20-33(44)51-24)52-42-41(47-9)40(48-11-2)37(46-8)23(5)50-42/h19,21-28,30-32,34-35,37-42H,10-18,20H2,1-9H3/t21-,22?,23?,24+,25+,26+,27+,28-,30-,31+,32+,34+,35-,37+,38-,39+,40-,41?,42+/m1/s1. The molecular formula is C42H67NO11. The second kappa shape index (κ2) is 17.2. The minimum absolute atomic E-state index is 0.0100. The van der Waals surface area contributed by atoms with Crippen molar-refractivity contribution >= 4 is 11.8 Å². The highest BCUT2D eigenvalue weighted by molar-refractivity contribution is 5.99. The van der Waals surface area contributed by atoms with Crippen LogP contribution < -0.4 is 0 Å². The first-order valence-electron chi connectivity index (χ1n) is 21.0. The summed E-state index contributed by atoms with van der Waals surface area (Å²) in [7, 11) is 7.52. The highest BCUT2D eigenvalue weighted by Crippen LogP contribution is 2.63. The number of epoxide rings is 1. The van der Waals surface area contributed by atoms with Crippen LogP contribution in [0.25, 0.3) is 0 Å². The van der Waals surface area contributed by atoms with Gasteiger partial charge in [-0.15, -0.1) is 0 Å². The lowest BCUT2D eigenvalue weighted by Crippen LogP contribution is -2.60. The second-order valence-electron chi connectivity index (χ2n) is 17.4. The normalized spacial score (nSPS) is 48.1. The molecule has 4 aliphatic heterocycles. The highest BCUT2D eigenvalue weighted by Gasteiger charge is 2.66. The summed E-state index contributed by atoms with van der Waals surface area (Å²) in [6.07, 6.45) is 6.23. The van der Waals surface area contributed by atoms with E-state index in [-0.39, 0.29) is 109 Å². The van der Waals surface area contributed by atoms with E-state index in [1.165, 1.54) is 0 Å². The number of methoxy groups -OCH3 is 2. The van der Waals surface area contributed by atoms with E-state index in [0.29, 0.717) is 25.0 Å². The maximum absolute atomic E-state index is 14.8. The number of nitrogens with zero attached hydrogens (tertiary/aromatic N) is 1. The van der Waals surface area contributed by atoms with Crippen molar-refractivity contribution in [3.8, 4) is 0 Å². The van der Waals surface area contributed by atoms with E-state index in [1.54, 1.807) is 14.2 Å². The van der Waals surface area contributed by atoms with Gasteiger partial charge in [-0.1, -0.05) is 19.9 Å². The molecule has 306 valence electrons. The van der Waals surface area contributed by atoms with Gasteiger partial charge in [-0.2, -0.15) is 0 Å². The van der Waals surface area contributed by atoms with Crippen LogP contribution in [-0.2, 0) is 52.2 Å². The smallest absolute Gasteiger partial charge is 0.306 e. The van der Waals surface area contributed by atoms with Gasteiger partial charge in [0, 0.05) is 44.6 Å². The molecule has 3 aliphatic carbocycles. The summed E-state index contributed by atoms with van der Waals surface area (Å²) < 4.78 is 56.8. The number of likely N-dealkylation sites (N-methyl/N-ethyl adjacent to an activating group) is 1. The molecule has 3 unspecified atom stereocenters. The zero-order valence-electron chi connectivity index (χ0n) is 34.1. The molecule has 19 atom stereocenters. The third kappa shape index (κ3) is 7.99. The van der Waals surface area contributed by atoms with Gasteiger partial charge < -0.3 is 47.5 Å². The Morgan fingerprint density at radius 3 is 2.28 bits per heavy atom. The van der Waals surface area contributed by atoms with Crippen LogP contribution in [0.3, 0.4) is 0 Å². The van der Waals surface area contributed by atoms with E-state index in [1.807, 2.05) is 20.8 Å². The molecule has 0 amide bonds. The van der Waals surface area contributed by atoms with Crippen LogP contribution in [0, 0.1) is 35.5 Å². The average Bonchev–Trinajstić information content (AvgIpc) is 3.68. The number of hydrogen-bond donors (Lipinski definition) is 0. The number of esters is 1. The van der Waals surface area contributed by atoms with Gasteiger partial charge in [0.05, 0.1) is 43.0 Å². The number of carbonyl (C=O) groups is 2. The molecule has 54 heavy (non-hydrogen) atoms. The van der Waals surface area contributed by atoms with Crippen molar-refractivity contribution in [1.29, 1.82) is 0 Å². The summed E-state index contributed by atoms with van der Waals surface area (Å²) in [4.78, 5) is 30.6. The van der Waals surface area contributed by atoms with Gasteiger partial charge in [0.1, 0.15) is 24.4 Å². The van der Waals surface area contributed by atoms with E-state index in [4.69, 9.17) is 42.6 Å². The predicted octanol–water partition coefficient (Wildman–Crippen LogP) is 5.09. The zero-order chi connectivity index (χ0) is 38.4. The van der Waals surface area contributed by atoms with Crippen molar-refractivity contribution in [2.75, 3.05) is 34.9 Å². The van der Waals surface area contributed by atoms with E-state index in [9.17, 15) is 9.59 Å². The number of allylic oxidation sites excluding steroid dienone is 2. The number of carbonyl (C=O) groups excluding carboxylic acids is 2. The maximum Gasteiger partial charge on any atom is 0.306 e. The first-order chi connectivity index (χ1) is 26.0. The van der Waals surface area contributed by atoms with Crippen LogP contribution in [0.5, 0.6) is 0 Å². The quantitative estimate of drug-likeness (QED) is 0.218. The molecule has 7 rings (SSSR count). The Morgan fingerprint density at radius 2 is 1.59 bits per heavy atom. The molecule has 12 heteroatoms. The molecule has 0 bridgehead atoms. The Hall–Kier alpha value is -1.48. The fraction of sp³-hybridized carbons (Fsp3) is 0.905. The lowest BCUT2D eigenvalue weighted by atomic mass is 9.66. The minimum atomic E-state index is -0.604. The van der Waals surface area contributed by atoms with Gasteiger partial charge in [-0.05, 0) is 110 Å². The third-order valence-electron chi connectivity index (χ3n) is 14.1. The van der Waals surface area contributed by atoms with Crippen LogP contribution in [-0.4, -0.2) is 131 Å². The first kappa shape index (κ1) is 40.7. The van der Waals surface area contributed by atoms with Crippen molar-refractivity contribution in [2.24, 2.45) is 35.5 Å². The second-order valence-corrected chi connectivity index (χ2v) is 17.4. The van der Waals surface area contributed by atoms with Gasteiger partial charge in [0.2, 0.25) is 0 Å². The summed E-state index contributed by atoms with van der Waals surface area (Å²) >= 11 is 0. The molecule has 0 aromatic carbocycles. The molecule has 0 aromatic rings. The number of rotatable bonds is 10. The number of hydrogen-bond acceptors (Lipinski definition) is 12. The highest BCUT2D eigenvalue weighted by atomic mass is 16.7. The number of Topliss-reactive ketones (excluding diaryl/α,β-unsaturated/α-hetero) is 1. The van der Waals surface area contributed by atoms with Gasteiger partial charge in [-0.25, -0.2) is 0 Å². The van der Waals surface area contributed by atoms with Gasteiger partial charge in [0.15, 0.2) is 18.4 Å². The maximum atomic E-state index is 14.8. The van der Waals surface area contributed by atoms with E-state index >= 15 is 0 Å². The van der Waals surface area contributed by atoms with E-state index < -0.39 is 12.4 Å². The molecule has 7 aliphatic rings. The summed E-state index contributed by atoms with van der Waals surface area (Å²) in [5, 5.41) is 0. The molecule has 2 saturated carbocycles. The first-order valence-corrected chi connectivity index (χ1v) is 21.0. The van der Waals surface area contributed by atoms with Gasteiger partial charge >= 0.3 is 5.97 Å². The van der Waals surface area contributed by atoms with Crippen LogP contribution in [0.2, 0.25) is 0 Å². The summed E-state index contributed by atoms with van der Waals surface area (Å²) in [6.45, 7) is 10.7. The molecule has 4 heterocycles. The Kier molecular flexibility index (Phi) is 12.9. The Bertz CT molecular complexity index is 1340. The Labute approximate surface area is 322 Å². The lowest BCUT2D eigenvalue weighted by Gasteiger charge is -2.44. The number of cyclic esters (lactones) is 1. The number of ether oxygens (including phenoxy) is 9. The Morgan fingerprint density at radius 1 is 0.833 bits per heavy atom. The van der Waals surface area contributed by atoms with Crippen molar-refractivity contribution in [3.05, 3.63) is 11.6 Å². The van der Waals surface area contributed by atoms with Crippen LogP contribution in [0.15, 0.2) is 11.6 Å². The largest absolute Gasteiger partial charge is 0.462 e. The molecule has 0 N–H and O–H groups in total. The van der Waals surface area contributed by atoms with Crippen molar-refractivity contribution < 1.29 is 52.2 Å². The fourth-order valence-electron chi connectivity index (χ4n) is 11.4. The minimum Gasteiger partial charge on any atom is -0.462 e. The molecule has 6 fully saturated rings. The summed E-state index contributed by atoms with van der Waals surface area (Å²) in [5.41, 5.74) is 0.760. The van der Waals surface area contributed by atoms with Crippen LogP contribution >= 0.6 is 0 Å². The fourth-order valence-corrected chi connectivity index (χ4v) is 11.4. The van der Waals surface area contributed by atoms with Crippen molar-refractivity contribution in [3.63, 3.8) is 0 Å². The molecule has 0 radical (unpaired) electrons. The molecule has 12 nitrogen and oxygen atoms in total. The van der Waals surface area contributed by atoms with Crippen LogP contribution in [0.1, 0.15) is 92.4 Å². The zero-order valence-corrected chi connectivity index (χ0v) is 34.1. The molecular weight excluding hydrogens is 694 g/mol. The van der Waals surface area contributed by atoms with Crippen LogP contribution in [0.4, 0.5) is 0 Å². The third-order valence-corrected chi connectivity index (χ3v) is 14.1. The topological polar surface area (TPSA) is 124 Å². The van der Waals surface area contributed by atoms with Crippen molar-refractivity contribution in [1.82, 2.24) is 4.90 Å². The number of fused-ring (bicyclic) bond motifs is 8. The Balaban J connectivity index is 1.11. The van der Waals surface area contributed by atoms with E-state index in [0.717, 1.165) is 50.5 Å². The average molecular weight is 762 g/mol. The van der Waals surface area contributed by atoms with Crippen molar-refractivity contribution in [2.45, 2.75) is 172 Å². The molecule has 0 aromatic heterocycles. The van der Waals surface area contributed by atoms with Gasteiger partial charge in [0.25, 0.3) is 0 Å². The molecule has 4 saturated heterocycles. The summed E-state index contributed by atoms with van der Waals surface area (Å²) in [6, 6.07) is 0.334. The SMILES string of the molecule is CCO[C@H]1C(OC)[C@H](O[C@@H]2C[C@@H]3[C@@H](C2)[C@@H]2C=C4C(=O)[C@H](C)[C@@H](O[C@H]5CC[C@H](N(C)C)C(C)O5)CCC[C@H](CC)OC(=O)C[C@H]4[C@@H]2[C@@H]2O[C@H]32)OC(C)[C@@H]1OC. The van der Waals surface area contributed by atoms with E-state index in [2.05, 4.69) is 38.9 Å². The lowest BCUT2D eigenvalue weighted by molar-refractivity contribution is -0.317. The van der Waals surface area contributed by atoms with Gasteiger partial charge in [-0.3, -0.25) is 9.59 Å². The summed E-state index contributed by atoms with van der Waals surface area (Å²) in [5.74, 6) is -0.0633.